The summed E-state index contributed by atoms with van der Waals surface area (Å²) in [6, 6.07) is 14.0. The molecule has 0 heterocycles. The molecular formula is C17H16O5S. The Kier molecular flexibility index (Phi) is 5.28. The quantitative estimate of drug-likeness (QED) is 0.462. The van der Waals surface area contributed by atoms with Crippen LogP contribution >= 0.6 is 0 Å². The van der Waals surface area contributed by atoms with Crippen molar-refractivity contribution in [2.75, 3.05) is 5.75 Å². The zero-order valence-electron chi connectivity index (χ0n) is 12.6. The van der Waals surface area contributed by atoms with E-state index in [0.717, 1.165) is 0 Å². The lowest BCUT2D eigenvalue weighted by atomic mass is 10.1. The number of Topliss-reactive ketones (excluding diaryl/α,β-unsaturated/α-hetero) is 1. The molecule has 0 bridgehead atoms. The predicted molar refractivity (Wildman–Crippen MR) is 85.2 cm³/mol. The standard InChI is InChI=1S/C17H16O5S/c1-13(18)14-7-9-15(10-8-14)22-17(19)11-12-23(20,21)16-5-3-2-4-6-16/h2-10H,11-12H2,1H3. The Morgan fingerprint density at radius 2 is 1.57 bits per heavy atom. The largest absolute Gasteiger partial charge is 0.427 e. The van der Waals surface area contributed by atoms with E-state index in [0.29, 0.717) is 5.56 Å². The fourth-order valence-electron chi connectivity index (χ4n) is 1.90. The lowest BCUT2D eigenvalue weighted by molar-refractivity contribution is -0.133. The first-order valence-corrected chi connectivity index (χ1v) is 8.63. The summed E-state index contributed by atoms with van der Waals surface area (Å²) >= 11 is 0. The van der Waals surface area contributed by atoms with Crippen molar-refractivity contribution in [3.8, 4) is 5.75 Å². The summed E-state index contributed by atoms with van der Waals surface area (Å²) < 4.78 is 29.2. The van der Waals surface area contributed by atoms with Gasteiger partial charge in [-0.1, -0.05) is 18.2 Å². The molecule has 2 aromatic carbocycles. The molecule has 0 radical (unpaired) electrons. The van der Waals surface area contributed by atoms with Gasteiger partial charge in [0.2, 0.25) is 0 Å². The van der Waals surface area contributed by atoms with Gasteiger partial charge in [-0.3, -0.25) is 9.59 Å². The Morgan fingerprint density at radius 3 is 2.13 bits per heavy atom. The number of ether oxygens (including phenoxy) is 1. The number of ketones is 1. The summed E-state index contributed by atoms with van der Waals surface area (Å²) in [5.74, 6) is -0.768. The molecular weight excluding hydrogens is 316 g/mol. The van der Waals surface area contributed by atoms with Crippen LogP contribution in [0.4, 0.5) is 0 Å². The molecule has 0 saturated heterocycles. The van der Waals surface area contributed by atoms with E-state index >= 15 is 0 Å². The molecule has 0 aliphatic carbocycles. The van der Waals surface area contributed by atoms with Gasteiger partial charge in [-0.05, 0) is 43.3 Å². The molecule has 0 N–H and O–H groups in total. The maximum Gasteiger partial charge on any atom is 0.312 e. The number of benzene rings is 2. The van der Waals surface area contributed by atoms with E-state index in [4.69, 9.17) is 4.74 Å². The van der Waals surface area contributed by atoms with E-state index in [1.165, 1.54) is 31.2 Å². The summed E-state index contributed by atoms with van der Waals surface area (Å²) in [5, 5.41) is 0. The molecule has 0 fully saturated rings. The lowest BCUT2D eigenvalue weighted by Crippen LogP contribution is -2.15. The first kappa shape index (κ1) is 16.9. The van der Waals surface area contributed by atoms with Crippen LogP contribution in [-0.2, 0) is 14.6 Å². The third kappa shape index (κ3) is 4.75. The molecule has 0 saturated carbocycles. The highest BCUT2D eigenvalue weighted by Crippen LogP contribution is 2.15. The monoisotopic (exact) mass is 332 g/mol. The zero-order chi connectivity index (χ0) is 16.9. The number of rotatable bonds is 6. The van der Waals surface area contributed by atoms with Crippen LogP contribution in [0.5, 0.6) is 5.75 Å². The van der Waals surface area contributed by atoms with Crippen LogP contribution in [0.15, 0.2) is 59.5 Å². The zero-order valence-corrected chi connectivity index (χ0v) is 13.4. The number of carbonyl (C=O) groups excluding carboxylic acids is 2. The third-order valence-electron chi connectivity index (χ3n) is 3.17. The molecule has 6 heteroatoms. The second-order valence-corrected chi connectivity index (χ2v) is 7.05. The van der Waals surface area contributed by atoms with Crippen molar-refractivity contribution in [2.45, 2.75) is 18.2 Å². The summed E-state index contributed by atoms with van der Waals surface area (Å²) in [4.78, 5) is 23.1. The highest BCUT2D eigenvalue weighted by Gasteiger charge is 2.17. The third-order valence-corrected chi connectivity index (χ3v) is 4.90. The Hall–Kier alpha value is -2.47. The Morgan fingerprint density at radius 1 is 0.957 bits per heavy atom. The first-order chi connectivity index (χ1) is 10.9. The minimum atomic E-state index is -3.51. The predicted octanol–water partition coefficient (Wildman–Crippen LogP) is 2.66. The van der Waals surface area contributed by atoms with Gasteiger partial charge in [0.1, 0.15) is 5.75 Å². The highest BCUT2D eigenvalue weighted by atomic mass is 32.2. The Bertz CT molecular complexity index is 793. The summed E-state index contributed by atoms with van der Waals surface area (Å²) in [6.45, 7) is 1.44. The van der Waals surface area contributed by atoms with Gasteiger partial charge < -0.3 is 4.74 Å². The van der Waals surface area contributed by atoms with Crippen molar-refractivity contribution < 1.29 is 22.7 Å². The Balaban J connectivity index is 1.94. The van der Waals surface area contributed by atoms with E-state index in [2.05, 4.69) is 0 Å². The molecule has 0 unspecified atom stereocenters. The molecule has 120 valence electrons. The summed E-state index contributed by atoms with van der Waals surface area (Å²) in [7, 11) is -3.51. The molecule has 0 atom stereocenters. The van der Waals surface area contributed by atoms with E-state index in [9.17, 15) is 18.0 Å². The van der Waals surface area contributed by atoms with Crippen molar-refractivity contribution >= 4 is 21.6 Å². The molecule has 0 spiro atoms. The SMILES string of the molecule is CC(=O)c1ccc(OC(=O)CCS(=O)(=O)c2ccccc2)cc1. The smallest absolute Gasteiger partial charge is 0.312 e. The molecule has 0 aliphatic rings. The van der Waals surface area contributed by atoms with E-state index < -0.39 is 15.8 Å². The van der Waals surface area contributed by atoms with Crippen molar-refractivity contribution in [1.82, 2.24) is 0 Å². The van der Waals surface area contributed by atoms with Crippen LogP contribution in [0.1, 0.15) is 23.7 Å². The number of carbonyl (C=O) groups is 2. The van der Waals surface area contributed by atoms with Gasteiger partial charge in [-0.15, -0.1) is 0 Å². The van der Waals surface area contributed by atoms with E-state index in [1.54, 1.807) is 30.3 Å². The number of esters is 1. The van der Waals surface area contributed by atoms with Gasteiger partial charge >= 0.3 is 5.97 Å². The fourth-order valence-corrected chi connectivity index (χ4v) is 3.15. The van der Waals surface area contributed by atoms with Crippen molar-refractivity contribution in [3.63, 3.8) is 0 Å². The molecule has 0 aromatic heterocycles. The van der Waals surface area contributed by atoms with Crippen LogP contribution in [0.25, 0.3) is 0 Å². The minimum Gasteiger partial charge on any atom is -0.427 e. The van der Waals surface area contributed by atoms with Crippen molar-refractivity contribution in [2.24, 2.45) is 0 Å². The lowest BCUT2D eigenvalue weighted by Gasteiger charge is -2.06. The van der Waals surface area contributed by atoms with Crippen LogP contribution in [0, 0.1) is 0 Å². The maximum atomic E-state index is 12.1. The van der Waals surface area contributed by atoms with Crippen LogP contribution in [0.3, 0.4) is 0 Å². The molecule has 0 amide bonds. The van der Waals surface area contributed by atoms with Gasteiger partial charge in [0.15, 0.2) is 15.6 Å². The average Bonchev–Trinajstić information content (AvgIpc) is 2.54. The van der Waals surface area contributed by atoms with E-state index in [1.807, 2.05) is 0 Å². The minimum absolute atomic E-state index is 0.0863. The number of sulfone groups is 1. The molecule has 23 heavy (non-hydrogen) atoms. The maximum absolute atomic E-state index is 12.1. The van der Waals surface area contributed by atoms with Crippen LogP contribution in [0.2, 0.25) is 0 Å². The average molecular weight is 332 g/mol. The second kappa shape index (κ2) is 7.19. The summed E-state index contributed by atoms with van der Waals surface area (Å²) in [5.41, 5.74) is 0.511. The Labute approximate surface area is 134 Å². The topological polar surface area (TPSA) is 77.5 Å². The van der Waals surface area contributed by atoms with Crippen molar-refractivity contribution in [1.29, 1.82) is 0 Å². The molecule has 5 nitrogen and oxygen atoms in total. The van der Waals surface area contributed by atoms with Gasteiger partial charge in [0.25, 0.3) is 0 Å². The van der Waals surface area contributed by atoms with E-state index in [-0.39, 0.29) is 28.6 Å². The molecule has 2 rings (SSSR count). The second-order valence-electron chi connectivity index (χ2n) is 4.94. The van der Waals surface area contributed by atoms with Gasteiger partial charge in [0, 0.05) is 5.56 Å². The fraction of sp³-hybridized carbons (Fsp3) is 0.176. The molecule has 2 aromatic rings. The number of hydrogen-bond acceptors (Lipinski definition) is 5. The van der Waals surface area contributed by atoms with Gasteiger partial charge in [-0.2, -0.15) is 0 Å². The van der Waals surface area contributed by atoms with Gasteiger partial charge in [0.05, 0.1) is 17.1 Å². The van der Waals surface area contributed by atoms with Gasteiger partial charge in [-0.25, -0.2) is 8.42 Å². The van der Waals surface area contributed by atoms with Crippen LogP contribution < -0.4 is 4.74 Å². The molecule has 0 aliphatic heterocycles. The summed E-state index contributed by atoms with van der Waals surface area (Å²) in [6.07, 6.45) is -0.244. The highest BCUT2D eigenvalue weighted by molar-refractivity contribution is 7.91. The van der Waals surface area contributed by atoms with Crippen LogP contribution in [-0.4, -0.2) is 25.9 Å². The van der Waals surface area contributed by atoms with Crippen molar-refractivity contribution in [3.05, 3.63) is 60.2 Å². The first-order valence-electron chi connectivity index (χ1n) is 6.98. The number of hydrogen-bond donors (Lipinski definition) is 0. The normalized spacial score (nSPS) is 11.0.